The summed E-state index contributed by atoms with van der Waals surface area (Å²) in [6, 6.07) is 15.7. The van der Waals surface area contributed by atoms with Gasteiger partial charge in [0.05, 0.1) is 23.4 Å². The van der Waals surface area contributed by atoms with Gasteiger partial charge in [-0.1, -0.05) is 47.5 Å². The number of benzene rings is 2. The molecule has 4 rings (SSSR count). The molecule has 1 aromatic heterocycles. The molecule has 0 aliphatic carbocycles. The average Bonchev–Trinajstić information content (AvgIpc) is 3.12. The molecule has 1 amide bonds. The van der Waals surface area contributed by atoms with Gasteiger partial charge in [-0.15, -0.1) is 11.3 Å². The van der Waals surface area contributed by atoms with Crippen molar-refractivity contribution in [2.45, 2.75) is 20.8 Å². The molecule has 3 aromatic rings. The average molecular weight is 460 g/mol. The van der Waals surface area contributed by atoms with Crippen LogP contribution in [0.1, 0.15) is 22.3 Å². The minimum absolute atomic E-state index is 0.0254. The highest BCUT2D eigenvalue weighted by Gasteiger charge is 2.24. The number of nitrogens with zero attached hydrogens (tertiary/aromatic N) is 3. The zero-order valence-electron chi connectivity index (χ0n) is 18.9. The first-order valence-corrected chi connectivity index (χ1v) is 11.6. The fourth-order valence-electron chi connectivity index (χ4n) is 3.85. The van der Waals surface area contributed by atoms with Crippen LogP contribution in [0.5, 0.6) is 0 Å². The van der Waals surface area contributed by atoms with Crippen molar-refractivity contribution < 1.29 is 9.53 Å². The number of thiazole rings is 1. The molecule has 168 valence electrons. The van der Waals surface area contributed by atoms with Gasteiger partial charge in [0.25, 0.3) is 11.5 Å². The van der Waals surface area contributed by atoms with Crippen LogP contribution in [0.15, 0.2) is 47.3 Å². The smallest absolute Gasteiger partial charge is 0.273 e. The number of aryl methyl sites for hydroxylation is 3. The predicted octanol–water partition coefficient (Wildman–Crippen LogP) is 2.19. The molecule has 0 unspecified atom stereocenters. The summed E-state index contributed by atoms with van der Waals surface area (Å²) in [7, 11) is 0. The van der Waals surface area contributed by atoms with Crippen molar-refractivity contribution in [3.05, 3.63) is 84.3 Å². The summed E-state index contributed by atoms with van der Waals surface area (Å²) in [6.07, 6.45) is 1.81. The number of morpholine rings is 1. The Morgan fingerprint density at radius 3 is 2.36 bits per heavy atom. The van der Waals surface area contributed by atoms with E-state index in [-0.39, 0.29) is 17.0 Å². The largest absolute Gasteiger partial charge is 0.378 e. The molecule has 2 aromatic carbocycles. The van der Waals surface area contributed by atoms with E-state index in [1.165, 1.54) is 15.9 Å². The van der Waals surface area contributed by atoms with Crippen LogP contribution < -0.4 is 14.8 Å². The summed E-state index contributed by atoms with van der Waals surface area (Å²) in [5.74, 6) is -0.373. The van der Waals surface area contributed by atoms with Gasteiger partial charge < -0.3 is 9.64 Å². The molecular formula is C26H25N3O3S. The Morgan fingerprint density at radius 2 is 1.73 bits per heavy atom. The Hall–Kier alpha value is -3.47. The van der Waals surface area contributed by atoms with Gasteiger partial charge in [0.2, 0.25) is 0 Å². The number of nitriles is 1. The van der Waals surface area contributed by atoms with Crippen LogP contribution in [0.3, 0.4) is 0 Å². The lowest BCUT2D eigenvalue weighted by Crippen LogP contribution is -2.42. The monoisotopic (exact) mass is 459 g/mol. The minimum atomic E-state index is -0.373. The lowest BCUT2D eigenvalue weighted by atomic mass is 10.1. The van der Waals surface area contributed by atoms with Gasteiger partial charge in [0.15, 0.2) is 5.57 Å². The molecule has 6 nitrogen and oxygen atoms in total. The number of carbonyl (C=O) groups is 1. The topological polar surface area (TPSA) is 75.3 Å². The molecule has 1 aliphatic rings. The Labute approximate surface area is 196 Å². The maximum atomic E-state index is 13.6. The summed E-state index contributed by atoms with van der Waals surface area (Å²) in [6.45, 7) is 7.63. The van der Waals surface area contributed by atoms with Crippen molar-refractivity contribution in [2.75, 3.05) is 26.3 Å². The predicted molar refractivity (Wildman–Crippen MR) is 130 cm³/mol. The summed E-state index contributed by atoms with van der Waals surface area (Å²) < 4.78 is 7.67. The van der Waals surface area contributed by atoms with Gasteiger partial charge in [0, 0.05) is 13.1 Å². The third-order valence-electron chi connectivity index (χ3n) is 5.63. The Kier molecular flexibility index (Phi) is 6.59. The van der Waals surface area contributed by atoms with E-state index >= 15 is 0 Å². The number of amides is 1. The highest BCUT2D eigenvalue weighted by molar-refractivity contribution is 7.07. The second-order valence-corrected chi connectivity index (χ2v) is 9.18. The maximum Gasteiger partial charge on any atom is 0.273 e. The molecule has 0 radical (unpaired) electrons. The van der Waals surface area contributed by atoms with E-state index in [0.29, 0.717) is 41.2 Å². The molecular weight excluding hydrogens is 434 g/mol. The Bertz CT molecular complexity index is 1420. The van der Waals surface area contributed by atoms with E-state index in [2.05, 4.69) is 6.07 Å². The van der Waals surface area contributed by atoms with Crippen LogP contribution in [0.25, 0.3) is 17.3 Å². The Balaban J connectivity index is 2.01. The lowest BCUT2D eigenvalue weighted by molar-refractivity contribution is -0.128. The van der Waals surface area contributed by atoms with Crippen molar-refractivity contribution in [3.8, 4) is 11.8 Å². The van der Waals surface area contributed by atoms with Crippen LogP contribution in [0.2, 0.25) is 0 Å². The van der Waals surface area contributed by atoms with Crippen LogP contribution in [0, 0.1) is 32.1 Å². The number of hydrogen-bond donors (Lipinski definition) is 0. The van der Waals surface area contributed by atoms with Gasteiger partial charge in [-0.05, 0) is 44.0 Å². The molecule has 0 atom stereocenters. The van der Waals surface area contributed by atoms with Crippen LogP contribution >= 0.6 is 11.3 Å². The number of aromatic nitrogens is 1. The van der Waals surface area contributed by atoms with Crippen molar-refractivity contribution in [3.63, 3.8) is 0 Å². The standard InChI is InChI=1S/C26H25N3O3S/c1-17-4-7-20(8-5-17)15-23-25(31)29(22-9-6-18(2)14-19(22)3)26(33-23)21(16-27)24(30)28-10-12-32-13-11-28/h4-9,14-15H,10-13H2,1-3H3/b23-15-,26-21-. The number of hydrogen-bond acceptors (Lipinski definition) is 5. The highest BCUT2D eigenvalue weighted by atomic mass is 32.1. The first-order valence-electron chi connectivity index (χ1n) is 10.8. The second kappa shape index (κ2) is 9.57. The number of ether oxygens (including phenoxy) is 1. The fourth-order valence-corrected chi connectivity index (χ4v) is 4.94. The molecule has 7 heteroatoms. The molecule has 1 saturated heterocycles. The van der Waals surface area contributed by atoms with Gasteiger partial charge in [-0.2, -0.15) is 5.26 Å². The first-order chi connectivity index (χ1) is 15.9. The molecule has 1 fully saturated rings. The van der Waals surface area contributed by atoms with E-state index in [9.17, 15) is 14.9 Å². The van der Waals surface area contributed by atoms with Crippen LogP contribution in [-0.4, -0.2) is 41.7 Å². The maximum absolute atomic E-state index is 13.6. The zero-order chi connectivity index (χ0) is 23.5. The van der Waals surface area contributed by atoms with Crippen molar-refractivity contribution >= 4 is 28.9 Å². The summed E-state index contributed by atoms with van der Waals surface area (Å²) >= 11 is 1.17. The quantitative estimate of drug-likeness (QED) is 0.602. The zero-order valence-corrected chi connectivity index (χ0v) is 19.7. The summed E-state index contributed by atoms with van der Waals surface area (Å²) in [5.41, 5.74) is 4.38. The molecule has 0 bridgehead atoms. The third-order valence-corrected chi connectivity index (χ3v) is 6.72. The highest BCUT2D eigenvalue weighted by Crippen LogP contribution is 2.14. The molecule has 0 N–H and O–H groups in total. The van der Waals surface area contributed by atoms with Gasteiger partial charge in [-0.3, -0.25) is 14.2 Å². The van der Waals surface area contributed by atoms with E-state index < -0.39 is 0 Å². The second-order valence-electron chi connectivity index (χ2n) is 8.15. The molecule has 0 spiro atoms. The van der Waals surface area contributed by atoms with Crippen molar-refractivity contribution in [1.29, 1.82) is 5.26 Å². The molecule has 1 aliphatic heterocycles. The third kappa shape index (κ3) is 4.68. The molecule has 0 saturated carbocycles. The number of carbonyl (C=O) groups excluding carboxylic acids is 1. The van der Waals surface area contributed by atoms with Crippen molar-refractivity contribution in [2.24, 2.45) is 0 Å². The first kappa shape index (κ1) is 22.7. The SMILES string of the molecule is Cc1ccc(/C=c2\s/c(=C(/C#N)C(=O)N3CCOCC3)n(-c3ccc(C)cc3C)c2=O)cc1. The van der Waals surface area contributed by atoms with Gasteiger partial charge in [0.1, 0.15) is 10.7 Å². The van der Waals surface area contributed by atoms with E-state index in [1.807, 2.05) is 69.3 Å². The van der Waals surface area contributed by atoms with Crippen LogP contribution in [0.4, 0.5) is 0 Å². The van der Waals surface area contributed by atoms with Crippen LogP contribution in [-0.2, 0) is 9.53 Å². The van der Waals surface area contributed by atoms with Gasteiger partial charge in [-0.25, -0.2) is 0 Å². The fraction of sp³-hybridized carbons (Fsp3) is 0.269. The number of rotatable bonds is 3. The summed E-state index contributed by atoms with van der Waals surface area (Å²) in [4.78, 5) is 28.5. The van der Waals surface area contributed by atoms with E-state index in [1.54, 1.807) is 4.90 Å². The Morgan fingerprint density at radius 1 is 1.06 bits per heavy atom. The summed E-state index contributed by atoms with van der Waals surface area (Å²) in [5, 5.41) is 10.0. The van der Waals surface area contributed by atoms with Gasteiger partial charge >= 0.3 is 0 Å². The normalized spacial score (nSPS) is 15.3. The lowest BCUT2D eigenvalue weighted by Gasteiger charge is -2.26. The molecule has 2 heterocycles. The van der Waals surface area contributed by atoms with E-state index in [4.69, 9.17) is 4.74 Å². The minimum Gasteiger partial charge on any atom is -0.378 e. The van der Waals surface area contributed by atoms with Crippen molar-refractivity contribution in [1.82, 2.24) is 9.47 Å². The molecule has 33 heavy (non-hydrogen) atoms. The van der Waals surface area contributed by atoms with E-state index in [0.717, 1.165) is 22.3 Å².